The Morgan fingerprint density at radius 2 is 0.475 bits per heavy atom. The summed E-state index contributed by atoms with van der Waals surface area (Å²) in [6.45, 7) is 3.26. The summed E-state index contributed by atoms with van der Waals surface area (Å²) < 4.78 is 51.8. The molecule has 0 amide bonds. The molecule has 8 heteroatoms. The quantitative estimate of drug-likeness (QED) is 0.369. The summed E-state index contributed by atoms with van der Waals surface area (Å²) in [5.74, 6) is -1.88. The minimum atomic E-state index is -0.469. The van der Waals surface area contributed by atoms with Gasteiger partial charge in [0, 0.05) is 25.7 Å². The second-order valence-corrected chi connectivity index (χ2v) is 14.6. The number of hydrogen-bond acceptors (Lipinski definition) is 8. The van der Waals surface area contributed by atoms with E-state index in [2.05, 4.69) is 0 Å². The lowest BCUT2D eigenvalue weighted by Crippen LogP contribution is -2.78. The highest BCUT2D eigenvalue weighted by Crippen LogP contribution is 2.67. The summed E-state index contributed by atoms with van der Waals surface area (Å²) in [5.41, 5.74) is -0.910. The van der Waals surface area contributed by atoms with Crippen molar-refractivity contribution in [2.45, 2.75) is 174 Å². The predicted octanol–water partition coefficient (Wildman–Crippen LogP) is 5.78. The maximum atomic E-state index is 6.78. The van der Waals surface area contributed by atoms with E-state index >= 15 is 0 Å². The Morgan fingerprint density at radius 1 is 0.250 bits per heavy atom. The Morgan fingerprint density at radius 3 is 0.600 bits per heavy atom. The van der Waals surface area contributed by atoms with Gasteiger partial charge in [-0.2, -0.15) is 0 Å². The molecule has 6 heterocycles. The van der Waals surface area contributed by atoms with Gasteiger partial charge in [0.15, 0.2) is 23.1 Å². The monoisotopic (exact) mass is 560 g/mol. The lowest BCUT2D eigenvalue weighted by molar-refractivity contribution is -0.508. The molecule has 0 aromatic rings. The second-order valence-electron chi connectivity index (χ2n) is 14.6. The topological polar surface area (TPSA) is 73.8 Å². The molecule has 224 valence electrons. The smallest absolute Gasteiger partial charge is 0.198 e. The van der Waals surface area contributed by atoms with Crippen LogP contribution < -0.4 is 0 Å². The van der Waals surface area contributed by atoms with E-state index in [-0.39, 0.29) is 22.4 Å². The molecule has 0 bridgehead atoms. The molecule has 40 heavy (non-hydrogen) atoms. The molecule has 0 radical (unpaired) electrons. The zero-order valence-electron chi connectivity index (χ0n) is 24.2. The van der Waals surface area contributed by atoms with Crippen LogP contribution in [-0.4, -0.2) is 72.0 Å². The Bertz CT molecular complexity index is 824. The molecule has 8 nitrogen and oxygen atoms in total. The Hall–Kier alpha value is -0.320. The molecule has 0 N–H and O–H groups in total. The first-order valence-electron chi connectivity index (χ1n) is 16.8. The zero-order valence-corrected chi connectivity index (χ0v) is 24.2. The van der Waals surface area contributed by atoms with Crippen molar-refractivity contribution >= 4 is 0 Å². The second kappa shape index (κ2) is 8.65. The van der Waals surface area contributed by atoms with Crippen LogP contribution in [0, 0.1) is 0 Å². The van der Waals surface area contributed by atoms with Crippen LogP contribution in [0.3, 0.4) is 0 Å². The van der Waals surface area contributed by atoms with Crippen LogP contribution in [0.4, 0.5) is 0 Å². The lowest BCUT2D eigenvalue weighted by Gasteiger charge is -2.67. The van der Waals surface area contributed by atoms with E-state index in [4.69, 9.17) is 37.9 Å². The van der Waals surface area contributed by atoms with E-state index in [0.717, 1.165) is 129 Å². The van der Waals surface area contributed by atoms with Crippen LogP contribution in [0.1, 0.15) is 128 Å². The fraction of sp³-hybridized carbons (Fsp3) is 1.00. The van der Waals surface area contributed by atoms with Crippen LogP contribution in [-0.2, 0) is 37.9 Å². The highest BCUT2D eigenvalue weighted by atomic mass is 16.8. The van der Waals surface area contributed by atoms with Crippen LogP contribution in [0.2, 0.25) is 0 Å². The number of rotatable bonds is 0. The third-order valence-electron chi connectivity index (χ3n) is 12.8. The summed E-state index contributed by atoms with van der Waals surface area (Å²) in [4.78, 5) is 0. The van der Waals surface area contributed by atoms with Gasteiger partial charge in [0.2, 0.25) is 0 Å². The molecule has 0 aromatic heterocycles. The minimum Gasteiger partial charge on any atom is -0.347 e. The van der Waals surface area contributed by atoms with Crippen LogP contribution >= 0.6 is 0 Å². The fourth-order valence-corrected chi connectivity index (χ4v) is 10.1. The van der Waals surface area contributed by atoms with Crippen LogP contribution in [0.5, 0.6) is 0 Å². The van der Waals surface area contributed by atoms with Crippen molar-refractivity contribution in [2.75, 3.05) is 26.4 Å². The highest BCUT2D eigenvalue weighted by molar-refractivity contribution is 5.18. The van der Waals surface area contributed by atoms with E-state index < -0.39 is 23.1 Å². The molecule has 4 unspecified atom stereocenters. The third-order valence-corrected chi connectivity index (χ3v) is 12.8. The van der Waals surface area contributed by atoms with Crippen LogP contribution in [0.15, 0.2) is 0 Å². The molecule has 4 aliphatic carbocycles. The molecule has 6 aliphatic heterocycles. The van der Waals surface area contributed by atoms with E-state index in [9.17, 15) is 0 Å². The van der Waals surface area contributed by atoms with Gasteiger partial charge in [-0.25, -0.2) is 0 Å². The van der Waals surface area contributed by atoms with Gasteiger partial charge in [-0.05, 0) is 103 Å². The SMILES string of the molecule is C1CC2(C1)OC1(CCCO1)C1(CCC1)OC21CCCO1.C1CC2(C1)OC1(CCCO1)C1(CCC1)OC21CCCO1. The maximum Gasteiger partial charge on any atom is 0.198 e. The van der Waals surface area contributed by atoms with Gasteiger partial charge in [0.25, 0.3) is 0 Å². The van der Waals surface area contributed by atoms with Gasteiger partial charge in [-0.1, -0.05) is 0 Å². The van der Waals surface area contributed by atoms with E-state index in [1.165, 1.54) is 25.7 Å². The number of fused-ring (bicyclic) bond motifs is 4. The molecule has 6 saturated heterocycles. The van der Waals surface area contributed by atoms with Crippen molar-refractivity contribution in [3.8, 4) is 0 Å². The molecule has 4 atom stereocenters. The molecular weight excluding hydrogens is 512 g/mol. The predicted molar refractivity (Wildman–Crippen MR) is 142 cm³/mol. The highest BCUT2D eigenvalue weighted by Gasteiger charge is 2.77. The summed E-state index contributed by atoms with van der Waals surface area (Å²) in [5, 5.41) is 0. The third kappa shape index (κ3) is 3.11. The van der Waals surface area contributed by atoms with Crippen molar-refractivity contribution in [3.63, 3.8) is 0 Å². The van der Waals surface area contributed by atoms with Crippen molar-refractivity contribution < 1.29 is 37.9 Å². The van der Waals surface area contributed by atoms with Gasteiger partial charge in [0.05, 0.1) is 26.4 Å². The van der Waals surface area contributed by atoms with Crippen molar-refractivity contribution in [3.05, 3.63) is 0 Å². The van der Waals surface area contributed by atoms with Gasteiger partial charge >= 0.3 is 0 Å². The molecular formula is C32H48O8. The molecule has 0 aromatic carbocycles. The fourth-order valence-electron chi connectivity index (χ4n) is 10.1. The van der Waals surface area contributed by atoms with E-state index in [0.29, 0.717) is 0 Å². The average Bonchev–Trinajstić information content (AvgIpc) is 3.67. The Labute approximate surface area is 238 Å². The number of ether oxygens (including phenoxy) is 8. The Kier molecular flexibility index (Phi) is 5.65. The minimum absolute atomic E-state index is 0.228. The van der Waals surface area contributed by atoms with Gasteiger partial charge < -0.3 is 37.9 Å². The summed E-state index contributed by atoms with van der Waals surface area (Å²) in [7, 11) is 0. The lowest BCUT2D eigenvalue weighted by atomic mass is 9.65. The van der Waals surface area contributed by atoms with Crippen molar-refractivity contribution in [1.29, 1.82) is 0 Å². The normalized spacial score (nSPS) is 48.0. The molecule has 4 saturated carbocycles. The average molecular weight is 561 g/mol. The first kappa shape index (κ1) is 26.1. The molecule has 10 aliphatic rings. The van der Waals surface area contributed by atoms with Gasteiger partial charge in [-0.3, -0.25) is 0 Å². The zero-order chi connectivity index (χ0) is 26.6. The summed E-state index contributed by atoms with van der Waals surface area (Å²) in [6.07, 6.45) is 21.7. The van der Waals surface area contributed by atoms with Gasteiger partial charge in [0.1, 0.15) is 22.4 Å². The standard InChI is InChI=1S/2C16H24O4/c2*1-5-13(6-1)15(9-3-11-17-15)20-14(7-2-8-14)16(19-13)10-4-12-18-16/h2*1-12H2. The van der Waals surface area contributed by atoms with Crippen LogP contribution in [0.25, 0.3) is 0 Å². The Balaban J connectivity index is 0.000000115. The van der Waals surface area contributed by atoms with E-state index in [1.54, 1.807) is 0 Å². The first-order valence-corrected chi connectivity index (χ1v) is 16.8. The van der Waals surface area contributed by atoms with Crippen molar-refractivity contribution in [2.24, 2.45) is 0 Å². The van der Waals surface area contributed by atoms with Gasteiger partial charge in [-0.15, -0.1) is 0 Å². The first-order chi connectivity index (χ1) is 19.5. The largest absolute Gasteiger partial charge is 0.347 e. The summed E-state index contributed by atoms with van der Waals surface area (Å²) in [6, 6.07) is 0. The molecule has 10 rings (SSSR count). The van der Waals surface area contributed by atoms with E-state index in [1.807, 2.05) is 0 Å². The molecule has 10 fully saturated rings. The van der Waals surface area contributed by atoms with Crippen molar-refractivity contribution in [1.82, 2.24) is 0 Å². The molecule has 8 spiro atoms. The number of hydrogen-bond donors (Lipinski definition) is 0. The summed E-state index contributed by atoms with van der Waals surface area (Å²) >= 11 is 0. The maximum absolute atomic E-state index is 6.78.